The van der Waals surface area contributed by atoms with E-state index >= 15 is 0 Å². The summed E-state index contributed by atoms with van der Waals surface area (Å²) in [5.41, 5.74) is 6.14. The number of fused-ring (bicyclic) bond motifs is 1. The molecule has 0 aliphatic rings. The van der Waals surface area contributed by atoms with E-state index in [9.17, 15) is 4.39 Å². The lowest BCUT2D eigenvalue weighted by Crippen LogP contribution is -1.91. The molecule has 0 amide bonds. The van der Waals surface area contributed by atoms with Gasteiger partial charge in [0.05, 0.1) is 12.3 Å². The van der Waals surface area contributed by atoms with Gasteiger partial charge in [-0.3, -0.25) is 0 Å². The van der Waals surface area contributed by atoms with Crippen molar-refractivity contribution in [1.82, 2.24) is 0 Å². The minimum Gasteiger partial charge on any atom is -0.396 e. The van der Waals surface area contributed by atoms with Crippen molar-refractivity contribution in [2.24, 2.45) is 0 Å². The Bertz CT molecular complexity index is 452. The second-order valence-corrected chi connectivity index (χ2v) is 3.67. The normalized spacial score (nSPS) is 10.9. The Hall–Kier alpha value is -1.13. The van der Waals surface area contributed by atoms with Crippen LogP contribution in [0, 0.1) is 5.82 Å². The molecule has 0 aliphatic carbocycles. The van der Waals surface area contributed by atoms with E-state index in [0.29, 0.717) is 10.9 Å². The number of hydrogen-bond acceptors (Lipinski definition) is 3. The van der Waals surface area contributed by atoms with E-state index in [4.69, 9.17) is 10.8 Å². The van der Waals surface area contributed by atoms with Crippen molar-refractivity contribution >= 4 is 27.1 Å². The highest BCUT2D eigenvalue weighted by molar-refractivity contribution is 7.17. The number of nitrogens with two attached hydrogens (primary N) is 1. The predicted molar refractivity (Wildman–Crippen MR) is 52.1 cm³/mol. The first-order valence-electron chi connectivity index (χ1n) is 3.79. The minimum atomic E-state index is -0.428. The van der Waals surface area contributed by atoms with Gasteiger partial charge in [-0.1, -0.05) is 0 Å². The highest BCUT2D eigenvalue weighted by atomic mass is 32.1. The molecule has 0 unspecified atom stereocenters. The van der Waals surface area contributed by atoms with E-state index in [2.05, 4.69) is 0 Å². The van der Waals surface area contributed by atoms with Gasteiger partial charge in [-0.15, -0.1) is 11.3 Å². The molecular formula is C9H8FNOS. The fourth-order valence-electron chi connectivity index (χ4n) is 1.28. The van der Waals surface area contributed by atoms with Gasteiger partial charge in [-0.25, -0.2) is 4.39 Å². The van der Waals surface area contributed by atoms with E-state index in [1.165, 1.54) is 17.4 Å². The zero-order chi connectivity index (χ0) is 9.42. The van der Waals surface area contributed by atoms with Crippen LogP contribution in [0.4, 0.5) is 10.1 Å². The van der Waals surface area contributed by atoms with Crippen molar-refractivity contribution in [3.63, 3.8) is 0 Å². The molecule has 0 saturated carbocycles. The summed E-state index contributed by atoms with van der Waals surface area (Å²) < 4.78 is 14.3. The lowest BCUT2D eigenvalue weighted by Gasteiger charge is -1.99. The van der Waals surface area contributed by atoms with Gasteiger partial charge in [-0.2, -0.15) is 0 Å². The summed E-state index contributed by atoms with van der Waals surface area (Å²) in [6.07, 6.45) is 0. The molecule has 0 atom stereocenters. The quantitative estimate of drug-likeness (QED) is 0.688. The van der Waals surface area contributed by atoms with Crippen LogP contribution in [0.3, 0.4) is 0 Å². The van der Waals surface area contributed by atoms with Gasteiger partial charge in [0.1, 0.15) is 0 Å². The lowest BCUT2D eigenvalue weighted by atomic mass is 10.1. The summed E-state index contributed by atoms with van der Waals surface area (Å²) in [6.45, 7) is -0.152. The molecule has 2 rings (SSSR count). The van der Waals surface area contributed by atoms with Crippen LogP contribution >= 0.6 is 11.3 Å². The van der Waals surface area contributed by atoms with E-state index < -0.39 is 5.82 Å². The molecule has 68 valence electrons. The third-order valence-electron chi connectivity index (χ3n) is 1.95. The first kappa shape index (κ1) is 8.47. The number of halogens is 1. The Labute approximate surface area is 78.4 Å². The molecule has 0 aliphatic heterocycles. The lowest BCUT2D eigenvalue weighted by molar-refractivity contribution is 0.283. The van der Waals surface area contributed by atoms with Gasteiger partial charge in [0.2, 0.25) is 0 Å². The van der Waals surface area contributed by atoms with Gasteiger partial charge >= 0.3 is 0 Å². The maximum absolute atomic E-state index is 13.4. The molecule has 2 aromatic rings. The number of aliphatic hydroxyl groups excluding tert-OH is 1. The number of benzene rings is 1. The van der Waals surface area contributed by atoms with Crippen LogP contribution in [-0.4, -0.2) is 5.11 Å². The summed E-state index contributed by atoms with van der Waals surface area (Å²) >= 11 is 1.41. The molecule has 0 bridgehead atoms. The third-order valence-corrected chi connectivity index (χ3v) is 2.95. The molecule has 2 nitrogen and oxygen atoms in total. The Balaban J connectivity index is 2.85. The monoisotopic (exact) mass is 197 g/mol. The average molecular weight is 197 g/mol. The number of thiophene rings is 1. The summed E-state index contributed by atoms with van der Waals surface area (Å²) in [7, 11) is 0. The van der Waals surface area contributed by atoms with E-state index in [1.807, 2.05) is 0 Å². The predicted octanol–water partition coefficient (Wildman–Crippen LogP) is 2.11. The molecule has 0 fully saturated rings. The van der Waals surface area contributed by atoms with Gasteiger partial charge in [0.15, 0.2) is 5.82 Å². The Morgan fingerprint density at radius 1 is 1.46 bits per heavy atom. The van der Waals surface area contributed by atoms with Crippen molar-refractivity contribution < 1.29 is 9.50 Å². The molecule has 0 radical (unpaired) electrons. The zero-order valence-corrected chi connectivity index (χ0v) is 7.57. The summed E-state index contributed by atoms with van der Waals surface area (Å²) in [5, 5.41) is 11.1. The second-order valence-electron chi connectivity index (χ2n) is 2.76. The van der Waals surface area contributed by atoms with Gasteiger partial charge in [0.25, 0.3) is 0 Å². The van der Waals surface area contributed by atoms with E-state index in [1.54, 1.807) is 11.4 Å². The largest absolute Gasteiger partial charge is 0.396 e. The average Bonchev–Trinajstić information content (AvgIpc) is 2.55. The van der Waals surface area contributed by atoms with Gasteiger partial charge in [-0.05, 0) is 23.1 Å². The van der Waals surface area contributed by atoms with Crippen LogP contribution in [-0.2, 0) is 6.61 Å². The second kappa shape index (κ2) is 2.97. The molecule has 1 aromatic heterocycles. The Kier molecular flexibility index (Phi) is 1.94. The Morgan fingerprint density at radius 3 is 2.92 bits per heavy atom. The SMILES string of the molecule is Nc1ccc2scc(CO)c2c1F. The van der Waals surface area contributed by atoms with E-state index in [-0.39, 0.29) is 12.3 Å². The smallest absolute Gasteiger partial charge is 0.155 e. The van der Waals surface area contributed by atoms with Crippen LogP contribution in [0.2, 0.25) is 0 Å². The molecule has 0 spiro atoms. The standard InChI is InChI=1S/C9H8FNOS/c10-9-6(11)1-2-7-8(9)5(3-12)4-13-7/h1-2,4,12H,3,11H2. The van der Waals surface area contributed by atoms with E-state index in [0.717, 1.165) is 4.70 Å². The number of hydrogen-bond donors (Lipinski definition) is 2. The maximum atomic E-state index is 13.4. The fourth-order valence-corrected chi connectivity index (χ4v) is 2.23. The van der Waals surface area contributed by atoms with Crippen molar-refractivity contribution in [2.45, 2.75) is 6.61 Å². The van der Waals surface area contributed by atoms with Crippen LogP contribution in [0.25, 0.3) is 10.1 Å². The summed E-state index contributed by atoms with van der Waals surface area (Å²) in [4.78, 5) is 0. The van der Waals surface area contributed by atoms with Gasteiger partial charge in [0, 0.05) is 10.1 Å². The van der Waals surface area contributed by atoms with Crippen LogP contribution < -0.4 is 5.73 Å². The van der Waals surface area contributed by atoms with Crippen molar-refractivity contribution in [2.75, 3.05) is 5.73 Å². The number of rotatable bonds is 1. The first-order chi connectivity index (χ1) is 6.24. The maximum Gasteiger partial charge on any atom is 0.155 e. The van der Waals surface area contributed by atoms with Crippen LogP contribution in [0.1, 0.15) is 5.56 Å². The molecule has 4 heteroatoms. The summed E-state index contributed by atoms with van der Waals surface area (Å²) in [5.74, 6) is -0.428. The first-order valence-corrected chi connectivity index (χ1v) is 4.67. The van der Waals surface area contributed by atoms with Crippen molar-refractivity contribution in [1.29, 1.82) is 0 Å². The third kappa shape index (κ3) is 1.18. The summed E-state index contributed by atoms with van der Waals surface area (Å²) in [6, 6.07) is 3.30. The number of nitrogen functional groups attached to an aromatic ring is 1. The highest BCUT2D eigenvalue weighted by Crippen LogP contribution is 2.30. The Morgan fingerprint density at radius 2 is 2.23 bits per heavy atom. The molecule has 1 heterocycles. The zero-order valence-electron chi connectivity index (χ0n) is 6.75. The topological polar surface area (TPSA) is 46.2 Å². The minimum absolute atomic E-state index is 0.126. The molecule has 0 saturated heterocycles. The molecular weight excluding hydrogens is 189 g/mol. The highest BCUT2D eigenvalue weighted by Gasteiger charge is 2.10. The van der Waals surface area contributed by atoms with Crippen LogP contribution in [0.15, 0.2) is 17.5 Å². The van der Waals surface area contributed by atoms with Gasteiger partial charge < -0.3 is 10.8 Å². The molecule has 13 heavy (non-hydrogen) atoms. The number of anilines is 1. The van der Waals surface area contributed by atoms with Crippen molar-refractivity contribution in [3.05, 3.63) is 28.9 Å². The fraction of sp³-hybridized carbons (Fsp3) is 0.111. The van der Waals surface area contributed by atoms with Crippen molar-refractivity contribution in [3.8, 4) is 0 Å². The number of aliphatic hydroxyl groups is 1. The molecule has 3 N–H and O–H groups in total. The van der Waals surface area contributed by atoms with Crippen LogP contribution in [0.5, 0.6) is 0 Å². The molecule has 1 aromatic carbocycles.